The molecule has 0 bridgehead atoms. The molecule has 0 spiro atoms. The van der Waals surface area contributed by atoms with Gasteiger partial charge in [-0.25, -0.2) is 0 Å². The lowest BCUT2D eigenvalue weighted by atomic mass is 10.1. The maximum Gasteiger partial charge on any atom is 0.124 e. The van der Waals surface area contributed by atoms with Crippen molar-refractivity contribution in [2.45, 2.75) is 33.2 Å². The minimum atomic E-state index is -0.207. The number of hydrogen-bond donors (Lipinski definition) is 2. The van der Waals surface area contributed by atoms with Crippen LogP contribution in [0.3, 0.4) is 0 Å². The zero-order chi connectivity index (χ0) is 12.3. The van der Waals surface area contributed by atoms with E-state index in [1.54, 1.807) is 7.11 Å². The number of hydrogen-bond acceptors (Lipinski definition) is 3. The number of nitrogens with two attached hydrogens (primary N) is 1. The summed E-state index contributed by atoms with van der Waals surface area (Å²) >= 11 is 0. The number of benzene rings is 1. The monoisotopic (exact) mass is 222 g/mol. The number of methoxy groups -OCH3 is 1. The average Bonchev–Trinajstić information content (AvgIpc) is 2.13. The average molecular weight is 222 g/mol. The van der Waals surface area contributed by atoms with Crippen LogP contribution in [0, 0.1) is 13.8 Å². The summed E-state index contributed by atoms with van der Waals surface area (Å²) in [5, 5.41) is 3.34. The Morgan fingerprint density at radius 3 is 2.12 bits per heavy atom. The number of nitrogens with one attached hydrogen (secondary N) is 1. The molecule has 0 atom stereocenters. The molecule has 3 nitrogen and oxygen atoms in total. The van der Waals surface area contributed by atoms with Crippen LogP contribution in [-0.4, -0.2) is 19.2 Å². The van der Waals surface area contributed by atoms with Gasteiger partial charge in [-0.05, 0) is 51.0 Å². The molecule has 0 radical (unpaired) electrons. The molecule has 0 aliphatic heterocycles. The van der Waals surface area contributed by atoms with Gasteiger partial charge in [-0.2, -0.15) is 0 Å². The number of aryl methyl sites for hydroxylation is 2. The van der Waals surface area contributed by atoms with Crippen molar-refractivity contribution in [3.8, 4) is 5.75 Å². The zero-order valence-electron chi connectivity index (χ0n) is 10.8. The Hall–Kier alpha value is -1.22. The molecule has 0 saturated carbocycles. The Labute approximate surface area is 98.0 Å². The summed E-state index contributed by atoms with van der Waals surface area (Å²) < 4.78 is 5.32. The van der Waals surface area contributed by atoms with Crippen LogP contribution in [0.1, 0.15) is 25.0 Å². The van der Waals surface area contributed by atoms with Gasteiger partial charge >= 0.3 is 0 Å². The second-order valence-electron chi connectivity index (χ2n) is 4.99. The van der Waals surface area contributed by atoms with Gasteiger partial charge in [-0.1, -0.05) is 0 Å². The van der Waals surface area contributed by atoms with Crippen molar-refractivity contribution in [3.63, 3.8) is 0 Å². The van der Waals surface area contributed by atoms with Gasteiger partial charge in [0.25, 0.3) is 0 Å². The summed E-state index contributed by atoms with van der Waals surface area (Å²) in [6, 6.07) is 4.16. The van der Waals surface area contributed by atoms with Crippen molar-refractivity contribution in [2.24, 2.45) is 5.73 Å². The first-order valence-corrected chi connectivity index (χ1v) is 5.51. The fourth-order valence-electron chi connectivity index (χ4n) is 1.70. The summed E-state index contributed by atoms with van der Waals surface area (Å²) in [5.74, 6) is 0.956. The van der Waals surface area contributed by atoms with Crippen LogP contribution < -0.4 is 15.8 Å². The lowest BCUT2D eigenvalue weighted by Crippen LogP contribution is -2.39. The van der Waals surface area contributed by atoms with Gasteiger partial charge in [0.15, 0.2) is 0 Å². The third-order valence-corrected chi connectivity index (χ3v) is 2.41. The molecular formula is C13H22N2O. The molecule has 0 aliphatic carbocycles. The van der Waals surface area contributed by atoms with Gasteiger partial charge in [0.1, 0.15) is 5.75 Å². The van der Waals surface area contributed by atoms with Gasteiger partial charge in [0.2, 0.25) is 0 Å². The summed E-state index contributed by atoms with van der Waals surface area (Å²) in [7, 11) is 1.70. The molecule has 3 N–H and O–H groups in total. The van der Waals surface area contributed by atoms with Crippen molar-refractivity contribution < 1.29 is 4.74 Å². The molecule has 0 amide bonds. The topological polar surface area (TPSA) is 47.3 Å². The van der Waals surface area contributed by atoms with E-state index in [0.717, 1.165) is 29.1 Å². The molecule has 1 aromatic carbocycles. The summed E-state index contributed by atoms with van der Waals surface area (Å²) in [5.41, 5.74) is 9.09. The second-order valence-corrected chi connectivity index (χ2v) is 4.99. The number of rotatable bonds is 4. The highest BCUT2D eigenvalue weighted by Crippen LogP contribution is 2.26. The molecule has 16 heavy (non-hydrogen) atoms. The normalized spacial score (nSPS) is 11.4. The van der Waals surface area contributed by atoms with E-state index in [9.17, 15) is 0 Å². The Kier molecular flexibility index (Phi) is 3.81. The minimum Gasteiger partial charge on any atom is -0.496 e. The smallest absolute Gasteiger partial charge is 0.124 e. The number of ether oxygens (including phenoxy) is 1. The Morgan fingerprint density at radius 1 is 1.25 bits per heavy atom. The summed E-state index contributed by atoms with van der Waals surface area (Å²) in [4.78, 5) is 0. The van der Waals surface area contributed by atoms with E-state index in [-0.39, 0.29) is 5.54 Å². The van der Waals surface area contributed by atoms with Crippen molar-refractivity contribution in [1.29, 1.82) is 0 Å². The van der Waals surface area contributed by atoms with Crippen LogP contribution in [0.4, 0.5) is 5.69 Å². The molecule has 0 heterocycles. The first-order chi connectivity index (χ1) is 7.33. The number of anilines is 1. The molecular weight excluding hydrogens is 200 g/mol. The van der Waals surface area contributed by atoms with Gasteiger partial charge in [-0.3, -0.25) is 0 Å². The molecule has 0 aromatic heterocycles. The van der Waals surface area contributed by atoms with Crippen molar-refractivity contribution in [1.82, 2.24) is 0 Å². The standard InChI is InChI=1S/C13H22N2O/c1-9-6-11(15-8-13(3,4)14)7-10(2)12(9)16-5/h6-7,15H,8,14H2,1-5H3. The van der Waals surface area contributed by atoms with Crippen molar-refractivity contribution >= 4 is 5.69 Å². The van der Waals surface area contributed by atoms with Gasteiger partial charge in [-0.15, -0.1) is 0 Å². The lowest BCUT2D eigenvalue weighted by molar-refractivity contribution is 0.408. The summed E-state index contributed by atoms with van der Waals surface area (Å²) in [6.07, 6.45) is 0. The predicted octanol–water partition coefficient (Wildman–Crippen LogP) is 2.46. The maximum absolute atomic E-state index is 5.93. The Balaban J connectivity index is 2.84. The van der Waals surface area contributed by atoms with Crippen molar-refractivity contribution in [2.75, 3.05) is 19.0 Å². The largest absolute Gasteiger partial charge is 0.496 e. The van der Waals surface area contributed by atoms with Gasteiger partial charge in [0, 0.05) is 17.8 Å². The van der Waals surface area contributed by atoms with Gasteiger partial charge < -0.3 is 15.8 Å². The second kappa shape index (κ2) is 4.74. The van der Waals surface area contributed by atoms with E-state index < -0.39 is 0 Å². The van der Waals surface area contributed by atoms with Crippen LogP contribution in [0.2, 0.25) is 0 Å². The highest BCUT2D eigenvalue weighted by atomic mass is 16.5. The molecule has 1 rings (SSSR count). The van der Waals surface area contributed by atoms with Crippen molar-refractivity contribution in [3.05, 3.63) is 23.3 Å². The molecule has 3 heteroatoms. The maximum atomic E-state index is 5.93. The van der Waals surface area contributed by atoms with Crippen LogP contribution in [-0.2, 0) is 0 Å². The Morgan fingerprint density at radius 2 is 1.75 bits per heavy atom. The highest BCUT2D eigenvalue weighted by molar-refractivity contribution is 5.55. The molecule has 0 saturated heterocycles. The van der Waals surface area contributed by atoms with E-state index >= 15 is 0 Å². The lowest BCUT2D eigenvalue weighted by Gasteiger charge is -2.20. The van der Waals surface area contributed by atoms with Crippen LogP contribution >= 0.6 is 0 Å². The van der Waals surface area contributed by atoms with Crippen LogP contribution in [0.15, 0.2) is 12.1 Å². The highest BCUT2D eigenvalue weighted by Gasteiger charge is 2.11. The Bertz CT molecular complexity index is 344. The van der Waals surface area contributed by atoms with E-state index in [4.69, 9.17) is 10.5 Å². The fraction of sp³-hybridized carbons (Fsp3) is 0.538. The third-order valence-electron chi connectivity index (χ3n) is 2.41. The van der Waals surface area contributed by atoms with E-state index in [1.807, 2.05) is 27.7 Å². The van der Waals surface area contributed by atoms with Crippen LogP contribution in [0.25, 0.3) is 0 Å². The minimum absolute atomic E-state index is 0.207. The van der Waals surface area contributed by atoms with E-state index in [1.165, 1.54) is 0 Å². The van der Waals surface area contributed by atoms with E-state index in [2.05, 4.69) is 17.4 Å². The molecule has 90 valence electrons. The van der Waals surface area contributed by atoms with Crippen LogP contribution in [0.5, 0.6) is 5.75 Å². The molecule has 0 fully saturated rings. The zero-order valence-corrected chi connectivity index (χ0v) is 10.8. The van der Waals surface area contributed by atoms with Gasteiger partial charge in [0.05, 0.1) is 7.11 Å². The quantitative estimate of drug-likeness (QED) is 0.822. The SMILES string of the molecule is COc1c(C)cc(NCC(C)(C)N)cc1C. The molecule has 0 unspecified atom stereocenters. The molecule has 1 aromatic rings. The first-order valence-electron chi connectivity index (χ1n) is 5.51. The first kappa shape index (κ1) is 12.8. The third kappa shape index (κ3) is 3.42. The summed E-state index contributed by atoms with van der Waals surface area (Å²) in [6.45, 7) is 8.85. The molecule has 0 aliphatic rings. The predicted molar refractivity (Wildman–Crippen MR) is 69.2 cm³/mol. The van der Waals surface area contributed by atoms with E-state index in [0.29, 0.717) is 0 Å². The fourth-order valence-corrected chi connectivity index (χ4v) is 1.70.